The van der Waals surface area contributed by atoms with Crippen molar-refractivity contribution < 1.29 is 0 Å². The molecule has 0 bridgehead atoms. The lowest BCUT2D eigenvalue weighted by atomic mass is 10.2. The number of hydrogen-bond donors (Lipinski definition) is 1. The van der Waals surface area contributed by atoms with E-state index in [1.54, 1.807) is 22.7 Å². The van der Waals surface area contributed by atoms with Gasteiger partial charge in [-0.05, 0) is 27.7 Å². The molecule has 2 heterocycles. The van der Waals surface area contributed by atoms with Crippen LogP contribution >= 0.6 is 22.7 Å². The summed E-state index contributed by atoms with van der Waals surface area (Å²) in [5, 5.41) is 5.76. The monoisotopic (exact) mass is 267 g/mol. The van der Waals surface area contributed by atoms with Crippen LogP contribution in [0, 0.1) is 20.8 Å². The van der Waals surface area contributed by atoms with Crippen molar-refractivity contribution in [2.75, 3.05) is 0 Å². The molecule has 0 radical (unpaired) electrons. The summed E-state index contributed by atoms with van der Waals surface area (Å²) in [5.74, 6) is 0. The van der Waals surface area contributed by atoms with E-state index in [-0.39, 0.29) is 0 Å². The second-order valence-corrected chi connectivity index (χ2v) is 6.85. The van der Waals surface area contributed by atoms with Crippen molar-refractivity contribution in [1.82, 2.24) is 15.3 Å². The summed E-state index contributed by atoms with van der Waals surface area (Å²) < 4.78 is 0. The van der Waals surface area contributed by atoms with Gasteiger partial charge in [0.25, 0.3) is 0 Å². The fraction of sp³-hybridized carbons (Fsp3) is 0.500. The lowest BCUT2D eigenvalue weighted by Gasteiger charge is -2.11. The SMILES string of the molecule is Cc1ncc(CNC(C)c2nc(C)sc2C)s1. The van der Waals surface area contributed by atoms with E-state index in [2.05, 4.69) is 36.1 Å². The molecule has 0 saturated heterocycles. The molecule has 0 saturated carbocycles. The number of rotatable bonds is 4. The highest BCUT2D eigenvalue weighted by molar-refractivity contribution is 7.11. The summed E-state index contributed by atoms with van der Waals surface area (Å²) in [4.78, 5) is 11.4. The molecular formula is C12H17N3S2. The Balaban J connectivity index is 1.97. The first kappa shape index (κ1) is 12.7. The van der Waals surface area contributed by atoms with Crippen LogP contribution in [0.2, 0.25) is 0 Å². The van der Waals surface area contributed by atoms with Gasteiger partial charge in [-0.3, -0.25) is 0 Å². The Kier molecular flexibility index (Phi) is 3.91. The number of hydrogen-bond acceptors (Lipinski definition) is 5. The fourth-order valence-electron chi connectivity index (χ4n) is 1.78. The highest BCUT2D eigenvalue weighted by Crippen LogP contribution is 2.23. The molecule has 0 aliphatic rings. The molecule has 3 nitrogen and oxygen atoms in total. The van der Waals surface area contributed by atoms with E-state index in [1.165, 1.54) is 15.4 Å². The standard InChI is InChI=1S/C12H17N3S2/c1-7(12-8(2)16-10(4)15-12)13-5-11-6-14-9(3)17-11/h6-7,13H,5H2,1-4H3. The molecular weight excluding hydrogens is 250 g/mol. The van der Waals surface area contributed by atoms with Crippen LogP contribution in [0.1, 0.15) is 38.4 Å². The van der Waals surface area contributed by atoms with Gasteiger partial charge >= 0.3 is 0 Å². The van der Waals surface area contributed by atoms with E-state index in [1.807, 2.05) is 13.1 Å². The zero-order chi connectivity index (χ0) is 12.4. The van der Waals surface area contributed by atoms with E-state index in [4.69, 9.17) is 0 Å². The highest BCUT2D eigenvalue weighted by atomic mass is 32.1. The predicted molar refractivity (Wildman–Crippen MR) is 73.7 cm³/mol. The molecule has 0 aliphatic carbocycles. The zero-order valence-electron chi connectivity index (χ0n) is 10.6. The summed E-state index contributed by atoms with van der Waals surface area (Å²) in [6.45, 7) is 9.25. The molecule has 2 aromatic rings. The minimum atomic E-state index is 0.294. The smallest absolute Gasteiger partial charge is 0.0900 e. The molecule has 17 heavy (non-hydrogen) atoms. The van der Waals surface area contributed by atoms with Gasteiger partial charge in [0.1, 0.15) is 0 Å². The zero-order valence-corrected chi connectivity index (χ0v) is 12.2. The second kappa shape index (κ2) is 5.25. The molecule has 2 aromatic heterocycles. The number of aromatic nitrogens is 2. The van der Waals surface area contributed by atoms with Gasteiger partial charge in [0, 0.05) is 28.5 Å². The van der Waals surface area contributed by atoms with Crippen molar-refractivity contribution in [2.45, 2.75) is 40.3 Å². The maximum atomic E-state index is 4.57. The maximum absolute atomic E-state index is 4.57. The van der Waals surface area contributed by atoms with E-state index in [0.29, 0.717) is 6.04 Å². The van der Waals surface area contributed by atoms with Crippen molar-refractivity contribution in [3.05, 3.63) is 31.7 Å². The van der Waals surface area contributed by atoms with E-state index >= 15 is 0 Å². The van der Waals surface area contributed by atoms with Gasteiger partial charge in [0.05, 0.1) is 15.7 Å². The van der Waals surface area contributed by atoms with E-state index in [0.717, 1.165) is 16.6 Å². The molecule has 92 valence electrons. The summed E-state index contributed by atoms with van der Waals surface area (Å²) in [6, 6.07) is 0.294. The summed E-state index contributed by atoms with van der Waals surface area (Å²) in [5.41, 5.74) is 1.17. The Morgan fingerprint density at radius 1 is 1.24 bits per heavy atom. The summed E-state index contributed by atoms with van der Waals surface area (Å²) >= 11 is 3.51. The third-order valence-corrected chi connectivity index (χ3v) is 4.42. The molecule has 2 rings (SSSR count). The highest BCUT2D eigenvalue weighted by Gasteiger charge is 2.12. The van der Waals surface area contributed by atoms with Crippen LogP contribution in [-0.4, -0.2) is 9.97 Å². The molecule has 0 aromatic carbocycles. The van der Waals surface area contributed by atoms with E-state index < -0.39 is 0 Å². The molecule has 1 unspecified atom stereocenters. The number of thiazole rings is 2. The molecule has 0 fully saturated rings. The third-order valence-electron chi connectivity index (χ3n) is 2.60. The van der Waals surface area contributed by atoms with Crippen LogP contribution < -0.4 is 5.32 Å². The van der Waals surface area contributed by atoms with E-state index in [9.17, 15) is 0 Å². The quantitative estimate of drug-likeness (QED) is 0.923. The average Bonchev–Trinajstić information content (AvgIpc) is 2.81. The van der Waals surface area contributed by atoms with Crippen LogP contribution in [0.25, 0.3) is 0 Å². The Morgan fingerprint density at radius 2 is 2.00 bits per heavy atom. The molecule has 5 heteroatoms. The van der Waals surface area contributed by atoms with Gasteiger partial charge in [-0.1, -0.05) is 0 Å². The third kappa shape index (κ3) is 3.12. The lowest BCUT2D eigenvalue weighted by Crippen LogP contribution is -2.18. The van der Waals surface area contributed by atoms with Crippen LogP contribution in [0.5, 0.6) is 0 Å². The van der Waals surface area contributed by atoms with Gasteiger partial charge in [-0.15, -0.1) is 22.7 Å². The maximum Gasteiger partial charge on any atom is 0.0900 e. The molecule has 1 N–H and O–H groups in total. The Labute approximate surface area is 110 Å². The van der Waals surface area contributed by atoms with Crippen molar-refractivity contribution in [1.29, 1.82) is 0 Å². The summed E-state index contributed by atoms with van der Waals surface area (Å²) in [6.07, 6.45) is 1.94. The first-order chi connectivity index (χ1) is 8.06. The van der Waals surface area contributed by atoms with Gasteiger partial charge in [0.15, 0.2) is 0 Å². The van der Waals surface area contributed by atoms with Crippen LogP contribution in [0.3, 0.4) is 0 Å². The van der Waals surface area contributed by atoms with Crippen molar-refractivity contribution in [2.24, 2.45) is 0 Å². The predicted octanol–water partition coefficient (Wildman–Crippen LogP) is 3.38. The Morgan fingerprint density at radius 3 is 2.53 bits per heavy atom. The van der Waals surface area contributed by atoms with Gasteiger partial charge < -0.3 is 5.32 Å². The first-order valence-corrected chi connectivity index (χ1v) is 7.28. The van der Waals surface area contributed by atoms with Crippen molar-refractivity contribution >= 4 is 22.7 Å². The largest absolute Gasteiger partial charge is 0.304 e. The number of nitrogens with one attached hydrogen (secondary N) is 1. The summed E-state index contributed by atoms with van der Waals surface area (Å²) in [7, 11) is 0. The lowest BCUT2D eigenvalue weighted by molar-refractivity contribution is 0.564. The first-order valence-electron chi connectivity index (χ1n) is 5.65. The van der Waals surface area contributed by atoms with Crippen LogP contribution in [-0.2, 0) is 6.54 Å². The number of nitrogens with zero attached hydrogens (tertiary/aromatic N) is 2. The molecule has 0 amide bonds. The topological polar surface area (TPSA) is 37.8 Å². The normalized spacial score (nSPS) is 12.9. The van der Waals surface area contributed by atoms with Gasteiger partial charge in [0.2, 0.25) is 0 Å². The van der Waals surface area contributed by atoms with Crippen molar-refractivity contribution in [3.8, 4) is 0 Å². The number of aryl methyl sites for hydroxylation is 3. The molecule has 0 aliphatic heterocycles. The Hall–Kier alpha value is -0.780. The Bertz CT molecular complexity index is 502. The van der Waals surface area contributed by atoms with Crippen LogP contribution in [0.15, 0.2) is 6.20 Å². The van der Waals surface area contributed by atoms with Gasteiger partial charge in [-0.2, -0.15) is 0 Å². The molecule has 0 spiro atoms. The molecule has 1 atom stereocenters. The minimum Gasteiger partial charge on any atom is -0.304 e. The van der Waals surface area contributed by atoms with Crippen molar-refractivity contribution in [3.63, 3.8) is 0 Å². The average molecular weight is 267 g/mol. The second-order valence-electron chi connectivity index (χ2n) is 4.12. The van der Waals surface area contributed by atoms with Crippen LogP contribution in [0.4, 0.5) is 0 Å². The fourth-order valence-corrected chi connectivity index (χ4v) is 3.44. The van der Waals surface area contributed by atoms with Gasteiger partial charge in [-0.25, -0.2) is 9.97 Å². The minimum absolute atomic E-state index is 0.294.